The average molecular weight is 423 g/mol. The van der Waals surface area contributed by atoms with Gasteiger partial charge in [0.05, 0.1) is 17.0 Å². The number of nitrogens with one attached hydrogen (secondary N) is 1. The number of thiophene rings is 1. The smallest absolute Gasteiger partial charge is 0.243 e. The average Bonchev–Trinajstić information content (AvgIpc) is 2.97. The first-order chi connectivity index (χ1) is 13.4. The van der Waals surface area contributed by atoms with Gasteiger partial charge in [-0.2, -0.15) is 9.57 Å². The van der Waals surface area contributed by atoms with Crippen LogP contribution in [0.4, 0.5) is 9.39 Å². The third kappa shape index (κ3) is 4.74. The molecule has 148 valence electrons. The lowest BCUT2D eigenvalue weighted by atomic mass is 10.3. The fourth-order valence-corrected chi connectivity index (χ4v) is 5.19. The second-order valence-corrected chi connectivity index (χ2v) is 9.17. The number of halogens is 1. The Bertz CT molecular complexity index is 983. The standard InChI is InChI=1S/C18H19FN4O3S2/c19-15-2-4-16(5-3-15)28(25,26)23-8-1-7-22(9-10-23)13-17(24)21-18-14(12-20)6-11-27-18/h2-6,11H,1,7-10,13H2,(H,21,24). The third-order valence-corrected chi connectivity index (χ3v) is 7.15. The molecule has 28 heavy (non-hydrogen) atoms. The molecular weight excluding hydrogens is 403 g/mol. The van der Waals surface area contributed by atoms with Crippen LogP contribution in [0.2, 0.25) is 0 Å². The molecule has 1 aliphatic rings. The van der Waals surface area contributed by atoms with Crippen molar-refractivity contribution in [2.24, 2.45) is 0 Å². The molecule has 1 N–H and O–H groups in total. The number of nitrogens with zero attached hydrogens (tertiary/aromatic N) is 3. The van der Waals surface area contributed by atoms with Gasteiger partial charge in [0.15, 0.2) is 0 Å². The van der Waals surface area contributed by atoms with Crippen molar-refractivity contribution in [3.8, 4) is 6.07 Å². The molecule has 0 bridgehead atoms. The van der Waals surface area contributed by atoms with Crippen LogP contribution in [0.15, 0.2) is 40.6 Å². The van der Waals surface area contributed by atoms with Crippen LogP contribution in [0.5, 0.6) is 0 Å². The van der Waals surface area contributed by atoms with Gasteiger partial charge in [-0.1, -0.05) is 0 Å². The highest BCUT2D eigenvalue weighted by molar-refractivity contribution is 7.89. The monoisotopic (exact) mass is 422 g/mol. The molecule has 1 aromatic heterocycles. The van der Waals surface area contributed by atoms with Crippen molar-refractivity contribution in [2.45, 2.75) is 11.3 Å². The lowest BCUT2D eigenvalue weighted by Gasteiger charge is -2.21. The van der Waals surface area contributed by atoms with Crippen molar-refractivity contribution in [1.29, 1.82) is 5.26 Å². The van der Waals surface area contributed by atoms with Crippen molar-refractivity contribution in [1.82, 2.24) is 9.21 Å². The van der Waals surface area contributed by atoms with Crippen LogP contribution < -0.4 is 5.32 Å². The second-order valence-electron chi connectivity index (χ2n) is 6.31. The summed E-state index contributed by atoms with van der Waals surface area (Å²) in [6.07, 6.45) is 0.580. The Labute approximate surface area is 167 Å². The van der Waals surface area contributed by atoms with Crippen LogP contribution in [0.1, 0.15) is 12.0 Å². The van der Waals surface area contributed by atoms with Gasteiger partial charge in [0.2, 0.25) is 15.9 Å². The van der Waals surface area contributed by atoms with Gasteiger partial charge in [-0.05, 0) is 48.7 Å². The minimum Gasteiger partial charge on any atom is -0.315 e. The number of nitriles is 1. The van der Waals surface area contributed by atoms with Crippen molar-refractivity contribution >= 4 is 32.3 Å². The molecule has 1 aliphatic heterocycles. The van der Waals surface area contributed by atoms with Crippen molar-refractivity contribution in [2.75, 3.05) is 38.0 Å². The SMILES string of the molecule is N#Cc1ccsc1NC(=O)CN1CCCN(S(=O)(=O)c2ccc(F)cc2)CC1. The molecule has 0 unspecified atom stereocenters. The number of carbonyl (C=O) groups excluding carboxylic acids is 1. The Kier molecular flexibility index (Phi) is 6.41. The Morgan fingerprint density at radius 1 is 1.18 bits per heavy atom. The van der Waals surface area contributed by atoms with E-state index in [-0.39, 0.29) is 23.9 Å². The summed E-state index contributed by atoms with van der Waals surface area (Å²) >= 11 is 1.28. The molecule has 0 spiro atoms. The molecule has 0 radical (unpaired) electrons. The van der Waals surface area contributed by atoms with Crippen LogP contribution in [0.25, 0.3) is 0 Å². The van der Waals surface area contributed by atoms with Crippen LogP contribution in [0, 0.1) is 17.1 Å². The Hall–Kier alpha value is -2.32. The summed E-state index contributed by atoms with van der Waals surface area (Å²) < 4.78 is 39.9. The molecule has 2 aromatic rings. The van der Waals surface area contributed by atoms with E-state index in [4.69, 9.17) is 5.26 Å². The maximum atomic E-state index is 13.1. The minimum absolute atomic E-state index is 0.0572. The van der Waals surface area contributed by atoms with E-state index in [1.165, 1.54) is 27.8 Å². The van der Waals surface area contributed by atoms with E-state index in [0.717, 1.165) is 12.1 Å². The normalized spacial score (nSPS) is 16.3. The molecule has 0 saturated carbocycles. The van der Waals surface area contributed by atoms with Gasteiger partial charge in [-0.25, -0.2) is 12.8 Å². The highest BCUT2D eigenvalue weighted by atomic mass is 32.2. The summed E-state index contributed by atoms with van der Waals surface area (Å²) in [7, 11) is -3.70. The summed E-state index contributed by atoms with van der Waals surface area (Å²) in [4.78, 5) is 14.2. The highest BCUT2D eigenvalue weighted by Gasteiger charge is 2.27. The van der Waals surface area contributed by atoms with E-state index in [1.54, 1.807) is 11.4 Å². The number of amides is 1. The van der Waals surface area contributed by atoms with Gasteiger partial charge in [0.25, 0.3) is 0 Å². The molecule has 3 rings (SSSR count). The number of rotatable bonds is 5. The van der Waals surface area contributed by atoms with Crippen molar-refractivity contribution in [3.63, 3.8) is 0 Å². The highest BCUT2D eigenvalue weighted by Crippen LogP contribution is 2.22. The lowest BCUT2D eigenvalue weighted by molar-refractivity contribution is -0.117. The maximum Gasteiger partial charge on any atom is 0.243 e. The van der Waals surface area contributed by atoms with E-state index >= 15 is 0 Å². The summed E-state index contributed by atoms with van der Waals surface area (Å²) in [5.41, 5.74) is 0.422. The Morgan fingerprint density at radius 3 is 2.64 bits per heavy atom. The van der Waals surface area contributed by atoms with Gasteiger partial charge in [-0.15, -0.1) is 11.3 Å². The molecule has 0 aliphatic carbocycles. The zero-order valence-corrected chi connectivity index (χ0v) is 16.6. The Balaban J connectivity index is 1.59. The molecule has 1 fully saturated rings. The van der Waals surface area contributed by atoms with Crippen LogP contribution >= 0.6 is 11.3 Å². The fraction of sp³-hybridized carbons (Fsp3) is 0.333. The summed E-state index contributed by atoms with van der Waals surface area (Å²) in [6, 6.07) is 8.43. The molecule has 1 amide bonds. The predicted molar refractivity (Wildman–Crippen MR) is 104 cm³/mol. The van der Waals surface area contributed by atoms with E-state index in [0.29, 0.717) is 36.6 Å². The maximum absolute atomic E-state index is 13.1. The van der Waals surface area contributed by atoms with Crippen LogP contribution in [0.3, 0.4) is 0 Å². The van der Waals surface area contributed by atoms with E-state index in [1.807, 2.05) is 11.0 Å². The molecule has 0 atom stereocenters. The van der Waals surface area contributed by atoms with Gasteiger partial charge in [0, 0.05) is 19.6 Å². The molecular formula is C18H19FN4O3S2. The Morgan fingerprint density at radius 2 is 1.93 bits per heavy atom. The van der Waals surface area contributed by atoms with Gasteiger partial charge >= 0.3 is 0 Å². The molecule has 2 heterocycles. The minimum atomic E-state index is -3.70. The zero-order chi connectivity index (χ0) is 20.1. The number of hydrogen-bond donors (Lipinski definition) is 1. The zero-order valence-electron chi connectivity index (χ0n) is 15.0. The molecule has 10 heteroatoms. The van der Waals surface area contributed by atoms with Crippen LogP contribution in [-0.4, -0.2) is 56.3 Å². The fourth-order valence-electron chi connectivity index (χ4n) is 2.96. The number of sulfonamides is 1. The van der Waals surface area contributed by atoms with Gasteiger partial charge < -0.3 is 5.32 Å². The molecule has 1 aromatic carbocycles. The molecule has 1 saturated heterocycles. The number of hydrogen-bond acceptors (Lipinski definition) is 6. The summed E-state index contributed by atoms with van der Waals surface area (Å²) in [6.45, 7) is 1.69. The van der Waals surface area contributed by atoms with E-state index < -0.39 is 15.8 Å². The first-order valence-electron chi connectivity index (χ1n) is 8.65. The van der Waals surface area contributed by atoms with Crippen molar-refractivity contribution in [3.05, 3.63) is 47.1 Å². The third-order valence-electron chi connectivity index (χ3n) is 4.40. The largest absolute Gasteiger partial charge is 0.315 e. The van der Waals surface area contributed by atoms with E-state index in [2.05, 4.69) is 5.32 Å². The summed E-state index contributed by atoms with van der Waals surface area (Å²) in [5, 5.41) is 14.0. The van der Waals surface area contributed by atoms with Crippen molar-refractivity contribution < 1.29 is 17.6 Å². The second kappa shape index (κ2) is 8.79. The summed E-state index contributed by atoms with van der Waals surface area (Å²) in [5.74, 6) is -0.730. The van der Waals surface area contributed by atoms with Gasteiger partial charge in [-0.3, -0.25) is 9.69 Å². The number of anilines is 1. The first kappa shape index (κ1) is 20.4. The number of carbonyl (C=O) groups is 1. The number of benzene rings is 1. The first-order valence-corrected chi connectivity index (χ1v) is 11.0. The van der Waals surface area contributed by atoms with E-state index in [9.17, 15) is 17.6 Å². The predicted octanol–water partition coefficient (Wildman–Crippen LogP) is 2.09. The quantitative estimate of drug-likeness (QED) is 0.796. The lowest BCUT2D eigenvalue weighted by Crippen LogP contribution is -2.38. The molecule has 7 nitrogen and oxygen atoms in total. The van der Waals surface area contributed by atoms with Crippen LogP contribution in [-0.2, 0) is 14.8 Å². The van der Waals surface area contributed by atoms with Gasteiger partial charge in [0.1, 0.15) is 16.9 Å². The topological polar surface area (TPSA) is 93.5 Å².